The number of nitrogens with zero attached hydrogens (tertiary/aromatic N) is 3. The summed E-state index contributed by atoms with van der Waals surface area (Å²) in [7, 11) is 1.37. The Balaban J connectivity index is 1.46. The number of hydrogen-bond donors (Lipinski definition) is 0. The Morgan fingerprint density at radius 1 is 0.923 bits per heavy atom. The van der Waals surface area contributed by atoms with Gasteiger partial charge in [0.15, 0.2) is 5.17 Å². The molecule has 0 bridgehead atoms. The first-order valence-electron chi connectivity index (χ1n) is 12.7. The van der Waals surface area contributed by atoms with E-state index < -0.39 is 0 Å². The van der Waals surface area contributed by atoms with Gasteiger partial charge in [-0.25, -0.2) is 4.79 Å². The number of thioether (sulfide) groups is 1. The molecule has 0 unspecified atom stereocenters. The standard InChI is InChI=1S/C32H29N3O3S/c1-22-18-27(23(2)35(22)28-16-14-26(15-17-28)31(37)38-3)19-29-30(36)34(21-25-12-8-5-9-13-25)32(39-29)33-20-24-10-6-4-7-11-24/h4-19H,20-21H2,1-3H3/b29-19+,33-32?. The highest BCUT2D eigenvalue weighted by atomic mass is 32.2. The fraction of sp³-hybridized carbons (Fsp3) is 0.156. The van der Waals surface area contributed by atoms with Crippen molar-refractivity contribution >= 4 is 34.9 Å². The van der Waals surface area contributed by atoms with Gasteiger partial charge in [0.1, 0.15) is 0 Å². The summed E-state index contributed by atoms with van der Waals surface area (Å²) >= 11 is 1.41. The molecule has 1 amide bonds. The highest BCUT2D eigenvalue weighted by Gasteiger charge is 2.33. The maximum absolute atomic E-state index is 13.6. The number of carbonyl (C=O) groups excluding carboxylic acids is 2. The molecule has 3 aromatic carbocycles. The van der Waals surface area contributed by atoms with Crippen LogP contribution in [0, 0.1) is 13.8 Å². The number of amidine groups is 1. The summed E-state index contributed by atoms with van der Waals surface area (Å²) in [5.74, 6) is -0.419. The lowest BCUT2D eigenvalue weighted by Crippen LogP contribution is -2.28. The van der Waals surface area contributed by atoms with Crippen LogP contribution in [0.15, 0.2) is 101 Å². The predicted molar refractivity (Wildman–Crippen MR) is 157 cm³/mol. The second-order valence-electron chi connectivity index (χ2n) is 9.27. The van der Waals surface area contributed by atoms with Crippen LogP contribution in [0.5, 0.6) is 0 Å². The lowest BCUT2D eigenvalue weighted by molar-refractivity contribution is -0.122. The van der Waals surface area contributed by atoms with Crippen LogP contribution >= 0.6 is 11.8 Å². The molecule has 39 heavy (non-hydrogen) atoms. The highest BCUT2D eigenvalue weighted by Crippen LogP contribution is 2.35. The van der Waals surface area contributed by atoms with Crippen molar-refractivity contribution in [2.75, 3.05) is 7.11 Å². The van der Waals surface area contributed by atoms with E-state index in [9.17, 15) is 9.59 Å². The minimum atomic E-state index is -0.366. The minimum Gasteiger partial charge on any atom is -0.465 e. The maximum Gasteiger partial charge on any atom is 0.337 e. The van der Waals surface area contributed by atoms with Gasteiger partial charge in [0, 0.05) is 17.1 Å². The molecule has 1 fully saturated rings. The SMILES string of the molecule is COC(=O)c1ccc(-n2c(C)cc(/C=C3/SC(=NCc4ccccc4)N(Cc4ccccc4)C3=O)c2C)cc1. The average Bonchev–Trinajstić information content (AvgIpc) is 3.42. The zero-order chi connectivity index (χ0) is 27.4. The van der Waals surface area contributed by atoms with E-state index in [0.717, 1.165) is 33.8 Å². The molecule has 7 heteroatoms. The molecule has 1 aliphatic rings. The molecule has 196 valence electrons. The fourth-order valence-corrected chi connectivity index (χ4v) is 5.58. The Kier molecular flexibility index (Phi) is 7.79. The Bertz CT molecular complexity index is 1560. The maximum atomic E-state index is 13.6. The number of amides is 1. The molecule has 0 radical (unpaired) electrons. The summed E-state index contributed by atoms with van der Waals surface area (Å²) < 4.78 is 6.93. The molecule has 1 aromatic heterocycles. The molecule has 1 saturated heterocycles. The van der Waals surface area contributed by atoms with Crippen LogP contribution in [0.4, 0.5) is 0 Å². The lowest BCUT2D eigenvalue weighted by atomic mass is 10.2. The van der Waals surface area contributed by atoms with Gasteiger partial charge in [-0.3, -0.25) is 14.7 Å². The van der Waals surface area contributed by atoms with Crippen molar-refractivity contribution in [2.45, 2.75) is 26.9 Å². The van der Waals surface area contributed by atoms with Gasteiger partial charge < -0.3 is 9.30 Å². The van der Waals surface area contributed by atoms with Gasteiger partial charge in [-0.1, -0.05) is 60.7 Å². The van der Waals surface area contributed by atoms with Gasteiger partial charge in [0.05, 0.1) is 30.7 Å². The Labute approximate surface area is 232 Å². The van der Waals surface area contributed by atoms with Crippen molar-refractivity contribution in [3.8, 4) is 5.69 Å². The Morgan fingerprint density at radius 2 is 1.56 bits per heavy atom. The van der Waals surface area contributed by atoms with E-state index in [0.29, 0.717) is 28.7 Å². The van der Waals surface area contributed by atoms with E-state index in [1.807, 2.05) is 92.7 Å². The summed E-state index contributed by atoms with van der Waals surface area (Å²) in [6.45, 7) is 5.03. The Morgan fingerprint density at radius 3 is 2.21 bits per heavy atom. The number of benzene rings is 3. The van der Waals surface area contributed by atoms with Crippen molar-refractivity contribution < 1.29 is 14.3 Å². The number of hydrogen-bond acceptors (Lipinski definition) is 5. The molecular formula is C32H29N3O3S. The normalized spacial score (nSPS) is 15.4. The van der Waals surface area contributed by atoms with E-state index in [1.54, 1.807) is 17.0 Å². The number of esters is 1. The van der Waals surface area contributed by atoms with Crippen LogP contribution < -0.4 is 0 Å². The van der Waals surface area contributed by atoms with Crippen molar-refractivity contribution in [1.29, 1.82) is 0 Å². The molecule has 0 aliphatic carbocycles. The topological polar surface area (TPSA) is 63.9 Å². The third kappa shape index (κ3) is 5.73. The van der Waals surface area contributed by atoms with E-state index >= 15 is 0 Å². The molecule has 0 N–H and O–H groups in total. The van der Waals surface area contributed by atoms with Crippen LogP contribution in [0.25, 0.3) is 11.8 Å². The first kappa shape index (κ1) is 26.3. The molecule has 4 aromatic rings. The van der Waals surface area contributed by atoms with Crippen LogP contribution in [-0.2, 0) is 22.6 Å². The van der Waals surface area contributed by atoms with E-state index in [1.165, 1.54) is 18.9 Å². The summed E-state index contributed by atoms with van der Waals surface area (Å²) in [5, 5.41) is 0.700. The van der Waals surface area contributed by atoms with Crippen LogP contribution in [0.2, 0.25) is 0 Å². The van der Waals surface area contributed by atoms with Crippen molar-refractivity contribution in [3.63, 3.8) is 0 Å². The number of aryl methyl sites for hydroxylation is 1. The molecular weight excluding hydrogens is 506 g/mol. The Hall–Kier alpha value is -4.36. The first-order chi connectivity index (χ1) is 18.9. The number of aromatic nitrogens is 1. The zero-order valence-electron chi connectivity index (χ0n) is 22.1. The van der Waals surface area contributed by atoms with E-state index in [-0.39, 0.29) is 11.9 Å². The van der Waals surface area contributed by atoms with Gasteiger partial charge >= 0.3 is 5.97 Å². The number of rotatable bonds is 7. The molecule has 2 heterocycles. The first-order valence-corrected chi connectivity index (χ1v) is 13.5. The summed E-state index contributed by atoms with van der Waals surface area (Å²) in [6, 6.07) is 29.4. The molecule has 6 nitrogen and oxygen atoms in total. The third-order valence-electron chi connectivity index (χ3n) is 6.61. The largest absolute Gasteiger partial charge is 0.465 e. The fourth-order valence-electron chi connectivity index (χ4n) is 4.61. The van der Waals surface area contributed by atoms with Crippen LogP contribution in [0.3, 0.4) is 0 Å². The smallest absolute Gasteiger partial charge is 0.337 e. The summed E-state index contributed by atoms with van der Waals surface area (Å²) in [5.41, 5.74) is 6.57. The number of ether oxygens (including phenoxy) is 1. The van der Waals surface area contributed by atoms with Crippen molar-refractivity contribution in [2.24, 2.45) is 4.99 Å². The molecule has 1 aliphatic heterocycles. The van der Waals surface area contributed by atoms with Crippen LogP contribution in [0.1, 0.15) is 38.4 Å². The second kappa shape index (κ2) is 11.6. The number of methoxy groups -OCH3 is 1. The molecule has 5 rings (SSSR count). The van der Waals surface area contributed by atoms with E-state index in [2.05, 4.69) is 10.6 Å². The van der Waals surface area contributed by atoms with Gasteiger partial charge in [0.25, 0.3) is 5.91 Å². The van der Waals surface area contributed by atoms with Gasteiger partial charge in [-0.2, -0.15) is 0 Å². The van der Waals surface area contributed by atoms with Crippen molar-refractivity contribution in [3.05, 3.63) is 130 Å². The monoisotopic (exact) mass is 535 g/mol. The quantitative estimate of drug-likeness (QED) is 0.199. The predicted octanol–water partition coefficient (Wildman–Crippen LogP) is 6.55. The lowest BCUT2D eigenvalue weighted by Gasteiger charge is -2.15. The molecule has 0 atom stereocenters. The second-order valence-corrected chi connectivity index (χ2v) is 10.3. The number of aliphatic imine (C=N–C) groups is 1. The van der Waals surface area contributed by atoms with Gasteiger partial charge in [-0.15, -0.1) is 0 Å². The minimum absolute atomic E-state index is 0.0529. The summed E-state index contributed by atoms with van der Waals surface area (Å²) in [6.07, 6.45) is 1.96. The van der Waals surface area contributed by atoms with Crippen LogP contribution in [-0.4, -0.2) is 33.6 Å². The molecule has 0 spiro atoms. The summed E-state index contributed by atoms with van der Waals surface area (Å²) in [4.78, 5) is 32.7. The third-order valence-corrected chi connectivity index (χ3v) is 7.66. The highest BCUT2D eigenvalue weighted by molar-refractivity contribution is 8.18. The average molecular weight is 536 g/mol. The van der Waals surface area contributed by atoms with Gasteiger partial charge in [-0.05, 0) is 78.7 Å². The molecule has 0 saturated carbocycles. The van der Waals surface area contributed by atoms with Gasteiger partial charge in [0.2, 0.25) is 0 Å². The van der Waals surface area contributed by atoms with E-state index in [4.69, 9.17) is 9.73 Å². The number of carbonyl (C=O) groups is 2. The zero-order valence-corrected chi connectivity index (χ0v) is 22.9. The van der Waals surface area contributed by atoms with Crippen molar-refractivity contribution in [1.82, 2.24) is 9.47 Å².